The van der Waals surface area contributed by atoms with Crippen LogP contribution in [0.2, 0.25) is 0 Å². The number of aliphatic hydroxyl groups excluding tert-OH is 1. The van der Waals surface area contributed by atoms with Gasteiger partial charge in [-0.15, -0.1) is 0 Å². The van der Waals surface area contributed by atoms with Crippen molar-refractivity contribution in [2.24, 2.45) is 0 Å². The molecule has 0 bridgehead atoms. The summed E-state index contributed by atoms with van der Waals surface area (Å²) < 4.78 is 35.9. The monoisotopic (exact) mass is 299 g/mol. The Hall–Kier alpha value is -2.00. The van der Waals surface area contributed by atoms with Crippen molar-refractivity contribution in [3.8, 4) is 11.8 Å². The topological polar surface area (TPSA) is 49.3 Å². The molecule has 0 aliphatic heterocycles. The van der Waals surface area contributed by atoms with Crippen LogP contribution in [0.15, 0.2) is 18.2 Å². The highest BCUT2D eigenvalue weighted by Gasteiger charge is 2.26. The average Bonchev–Trinajstić information content (AvgIpc) is 2.41. The van der Waals surface area contributed by atoms with Crippen LogP contribution in [0.25, 0.3) is 0 Å². The number of halogens is 3. The summed E-state index contributed by atoms with van der Waals surface area (Å²) in [5, 5.41) is 11.1. The summed E-state index contributed by atoms with van der Waals surface area (Å²) >= 11 is 0. The first-order chi connectivity index (χ1) is 9.83. The van der Waals surface area contributed by atoms with Crippen LogP contribution in [0.1, 0.15) is 34.3 Å². The molecule has 0 saturated heterocycles. The van der Waals surface area contributed by atoms with Gasteiger partial charge in [0.05, 0.1) is 0 Å². The minimum Gasteiger partial charge on any atom is -0.384 e. The highest BCUT2D eigenvalue weighted by atomic mass is 19.4. The summed E-state index contributed by atoms with van der Waals surface area (Å²) in [4.78, 5) is 11.8. The molecule has 0 aromatic heterocycles. The van der Waals surface area contributed by atoms with E-state index in [9.17, 15) is 18.0 Å². The quantitative estimate of drug-likeness (QED) is 0.662. The maximum atomic E-state index is 12.0. The Labute approximate surface area is 121 Å². The summed E-state index contributed by atoms with van der Waals surface area (Å²) in [5.74, 6) is 4.77. The molecule has 2 N–H and O–H groups in total. The van der Waals surface area contributed by atoms with Crippen LogP contribution < -0.4 is 5.32 Å². The molecular formula is C15H16F3NO2. The summed E-state index contributed by atoms with van der Waals surface area (Å²) in [6.07, 6.45) is -5.28. The lowest BCUT2D eigenvalue weighted by Crippen LogP contribution is -2.25. The van der Waals surface area contributed by atoms with Gasteiger partial charge < -0.3 is 10.4 Å². The van der Waals surface area contributed by atoms with E-state index >= 15 is 0 Å². The first-order valence-corrected chi connectivity index (χ1v) is 6.39. The highest BCUT2D eigenvalue weighted by Crippen LogP contribution is 2.20. The molecule has 0 spiro atoms. The van der Waals surface area contributed by atoms with Crippen molar-refractivity contribution in [3.05, 3.63) is 34.9 Å². The number of amides is 1. The molecule has 1 amide bonds. The van der Waals surface area contributed by atoms with Crippen molar-refractivity contribution >= 4 is 5.91 Å². The molecule has 0 fully saturated rings. The van der Waals surface area contributed by atoms with Gasteiger partial charge in [-0.2, -0.15) is 13.2 Å². The number of alkyl halides is 3. The Kier molecular flexibility index (Phi) is 6.25. The molecule has 0 aliphatic carbocycles. The molecule has 0 unspecified atom stereocenters. The SMILES string of the molecule is Cc1ccc(C(=O)NCCCC(F)(F)F)cc1C#CCO. The van der Waals surface area contributed by atoms with E-state index in [0.717, 1.165) is 5.56 Å². The van der Waals surface area contributed by atoms with Gasteiger partial charge in [0, 0.05) is 24.1 Å². The number of rotatable bonds is 4. The van der Waals surface area contributed by atoms with Crippen LogP contribution in [0, 0.1) is 18.8 Å². The van der Waals surface area contributed by atoms with Crippen molar-refractivity contribution in [1.82, 2.24) is 5.32 Å². The largest absolute Gasteiger partial charge is 0.389 e. The Morgan fingerprint density at radius 2 is 2.10 bits per heavy atom. The number of nitrogens with one attached hydrogen (secondary N) is 1. The van der Waals surface area contributed by atoms with Gasteiger partial charge in [0.15, 0.2) is 0 Å². The zero-order valence-electron chi connectivity index (χ0n) is 11.5. The van der Waals surface area contributed by atoms with E-state index in [1.54, 1.807) is 18.2 Å². The first-order valence-electron chi connectivity index (χ1n) is 6.39. The lowest BCUT2D eigenvalue weighted by atomic mass is 10.0. The number of hydrogen-bond donors (Lipinski definition) is 2. The van der Waals surface area contributed by atoms with Gasteiger partial charge in [-0.25, -0.2) is 0 Å². The molecule has 1 rings (SSSR count). The second kappa shape index (κ2) is 7.70. The standard InChI is InChI=1S/C15H16F3NO2/c1-11-5-6-13(10-12(11)4-2-9-20)14(21)19-8-3-7-15(16,17)18/h5-6,10,20H,3,7-9H2,1H3,(H,19,21). The van der Waals surface area contributed by atoms with E-state index in [1.165, 1.54) is 0 Å². The van der Waals surface area contributed by atoms with Crippen LogP contribution in [-0.2, 0) is 0 Å². The van der Waals surface area contributed by atoms with Crippen LogP contribution in [0.4, 0.5) is 13.2 Å². The van der Waals surface area contributed by atoms with E-state index in [0.29, 0.717) is 11.1 Å². The van der Waals surface area contributed by atoms with Crippen LogP contribution in [0.5, 0.6) is 0 Å². The Bertz CT molecular complexity index is 556. The smallest absolute Gasteiger partial charge is 0.384 e. The summed E-state index contributed by atoms with van der Waals surface area (Å²) in [6.45, 7) is 1.49. The van der Waals surface area contributed by atoms with E-state index < -0.39 is 18.5 Å². The number of aryl methyl sites for hydroxylation is 1. The number of benzene rings is 1. The molecule has 0 radical (unpaired) electrons. The van der Waals surface area contributed by atoms with Crippen LogP contribution in [-0.4, -0.2) is 30.3 Å². The maximum absolute atomic E-state index is 12.0. The molecule has 6 heteroatoms. The highest BCUT2D eigenvalue weighted by molar-refractivity contribution is 5.94. The van der Waals surface area contributed by atoms with Crippen LogP contribution in [0.3, 0.4) is 0 Å². The molecule has 3 nitrogen and oxygen atoms in total. The normalized spacial score (nSPS) is 10.7. The predicted octanol–water partition coefficient (Wildman–Crippen LogP) is 2.41. The lowest BCUT2D eigenvalue weighted by Gasteiger charge is -2.08. The first kappa shape index (κ1) is 17.1. The fourth-order valence-electron chi connectivity index (χ4n) is 1.63. The van der Waals surface area contributed by atoms with Gasteiger partial charge in [0.2, 0.25) is 0 Å². The lowest BCUT2D eigenvalue weighted by molar-refractivity contribution is -0.135. The van der Waals surface area contributed by atoms with Crippen molar-refractivity contribution in [3.63, 3.8) is 0 Å². The Morgan fingerprint density at radius 1 is 1.38 bits per heavy atom. The number of carbonyl (C=O) groups excluding carboxylic acids is 1. The molecule has 0 heterocycles. The summed E-state index contributed by atoms with van der Waals surface area (Å²) in [7, 11) is 0. The number of carbonyl (C=O) groups is 1. The van der Waals surface area contributed by atoms with E-state index in [-0.39, 0.29) is 19.6 Å². The van der Waals surface area contributed by atoms with Gasteiger partial charge in [0.25, 0.3) is 5.91 Å². The van der Waals surface area contributed by atoms with E-state index in [2.05, 4.69) is 17.2 Å². The molecule has 21 heavy (non-hydrogen) atoms. The maximum Gasteiger partial charge on any atom is 0.389 e. The van der Waals surface area contributed by atoms with Gasteiger partial charge in [-0.3, -0.25) is 4.79 Å². The average molecular weight is 299 g/mol. The molecule has 114 valence electrons. The number of hydrogen-bond acceptors (Lipinski definition) is 2. The summed E-state index contributed by atoms with van der Waals surface area (Å²) in [6, 6.07) is 4.83. The Morgan fingerprint density at radius 3 is 2.71 bits per heavy atom. The van der Waals surface area contributed by atoms with Crippen molar-refractivity contribution < 1.29 is 23.1 Å². The van der Waals surface area contributed by atoms with Crippen molar-refractivity contribution in [2.45, 2.75) is 25.9 Å². The third kappa shape index (κ3) is 6.32. The Balaban J connectivity index is 2.62. The zero-order chi connectivity index (χ0) is 15.9. The molecule has 1 aromatic carbocycles. The van der Waals surface area contributed by atoms with Crippen molar-refractivity contribution in [2.75, 3.05) is 13.2 Å². The van der Waals surface area contributed by atoms with Gasteiger partial charge in [-0.1, -0.05) is 17.9 Å². The van der Waals surface area contributed by atoms with Gasteiger partial charge in [0.1, 0.15) is 6.61 Å². The van der Waals surface area contributed by atoms with E-state index in [4.69, 9.17) is 5.11 Å². The molecular weight excluding hydrogens is 283 g/mol. The van der Waals surface area contributed by atoms with Gasteiger partial charge in [-0.05, 0) is 31.0 Å². The molecule has 0 aliphatic rings. The third-order valence-electron chi connectivity index (χ3n) is 2.72. The second-order valence-electron chi connectivity index (χ2n) is 4.46. The predicted molar refractivity (Wildman–Crippen MR) is 72.8 cm³/mol. The van der Waals surface area contributed by atoms with E-state index in [1.807, 2.05) is 6.92 Å². The van der Waals surface area contributed by atoms with Crippen LogP contribution >= 0.6 is 0 Å². The molecule has 1 aromatic rings. The minimum absolute atomic E-state index is 0.0378. The van der Waals surface area contributed by atoms with Gasteiger partial charge >= 0.3 is 6.18 Å². The minimum atomic E-state index is -4.21. The zero-order valence-corrected chi connectivity index (χ0v) is 11.5. The fourth-order valence-corrected chi connectivity index (χ4v) is 1.63. The summed E-state index contributed by atoms with van der Waals surface area (Å²) in [5.41, 5.74) is 1.78. The second-order valence-corrected chi connectivity index (χ2v) is 4.46. The molecule has 0 saturated carbocycles. The molecule has 0 atom stereocenters. The fraction of sp³-hybridized carbons (Fsp3) is 0.400. The van der Waals surface area contributed by atoms with Crippen molar-refractivity contribution in [1.29, 1.82) is 0 Å². The third-order valence-corrected chi connectivity index (χ3v) is 2.72. The number of aliphatic hydroxyl groups is 1.